The van der Waals surface area contributed by atoms with Gasteiger partial charge in [0.25, 0.3) is 0 Å². The van der Waals surface area contributed by atoms with Gasteiger partial charge in [-0.2, -0.15) is 0 Å². The summed E-state index contributed by atoms with van der Waals surface area (Å²) in [5, 5.41) is 0. The van der Waals surface area contributed by atoms with E-state index in [1.54, 1.807) is 12.5 Å². The van der Waals surface area contributed by atoms with Crippen LogP contribution in [0.25, 0.3) is 0 Å². The summed E-state index contributed by atoms with van der Waals surface area (Å²) >= 11 is 0. The van der Waals surface area contributed by atoms with Gasteiger partial charge in [0.05, 0.1) is 14.4 Å². The molecule has 2 N–H and O–H groups in total. The number of nitrogens with two attached hydrogens (primary N) is 1. The average Bonchev–Trinajstić information content (AvgIpc) is 2.56. The van der Waals surface area contributed by atoms with Crippen LogP contribution >= 0.6 is 0 Å². The van der Waals surface area contributed by atoms with Crippen LogP contribution < -0.4 is 10.3 Å². The Morgan fingerprint density at radius 3 is 1.26 bits per heavy atom. The van der Waals surface area contributed by atoms with Gasteiger partial charge in [0.15, 0.2) is 12.4 Å². The van der Waals surface area contributed by atoms with Gasteiger partial charge in [-0.05, 0) is 13.1 Å². The maximum Gasteiger partial charge on any atom is 0.317 e. The fraction of sp³-hybridized carbons (Fsp3) is 0.286. The molecule has 0 saturated carbocycles. The van der Waals surface area contributed by atoms with Crippen LogP contribution in [0.1, 0.15) is 0 Å². The highest BCUT2D eigenvalue weighted by Crippen LogP contribution is 1.79. The Balaban J connectivity index is -0.000000195. The van der Waals surface area contributed by atoms with E-state index < -0.39 is 0 Å². The van der Waals surface area contributed by atoms with E-state index in [0.717, 1.165) is 0 Å². The number of halogens is 2. The van der Waals surface area contributed by atoms with Crippen molar-refractivity contribution in [3.63, 3.8) is 0 Å². The molecule has 0 amide bonds. The topological polar surface area (TPSA) is 41.2 Å². The number of hydrogen-bond acceptors (Lipinski definition) is 1. The van der Waals surface area contributed by atoms with E-state index in [9.17, 15) is 8.78 Å². The molecule has 108 valence electrons. The molecule has 0 fully saturated rings. The predicted molar refractivity (Wildman–Crippen MR) is 74.9 cm³/mol. The highest BCUT2D eigenvalue weighted by Gasteiger charge is 1.78. The lowest BCUT2D eigenvalue weighted by Crippen LogP contribution is -2.25. The molecule has 2 aromatic rings. The first-order valence-electron chi connectivity index (χ1n) is 5.43. The summed E-state index contributed by atoms with van der Waals surface area (Å²) in [6.07, 6.45) is 7.25. The molecule has 0 spiro atoms. The highest BCUT2D eigenvalue weighted by molar-refractivity contribution is 4.84. The molecule has 0 unspecified atom stereocenters. The summed E-state index contributed by atoms with van der Waals surface area (Å²) < 4.78 is 25.7. The summed E-state index contributed by atoms with van der Waals surface area (Å²) in [5.74, 6) is 0. The largest absolute Gasteiger partial charge is 0.333 e. The highest BCUT2D eigenvalue weighted by atomic mass is 19.1. The number of alkyl halides is 2. The predicted octanol–water partition coefficient (Wildman–Crippen LogP) is 2.82. The lowest BCUT2D eigenvalue weighted by Gasteiger charge is -1.77. The molecule has 0 aliphatic carbocycles. The third kappa shape index (κ3) is 21.9. The minimum atomic E-state index is 0.500. The monoisotopic (exact) mass is 274 g/mol. The number of rotatable bonds is 0. The molecule has 0 aliphatic rings. The second kappa shape index (κ2) is 25.1. The number of aromatic nitrogens is 1. The van der Waals surface area contributed by atoms with E-state index in [1.165, 1.54) is 7.05 Å². The van der Waals surface area contributed by atoms with Crippen LogP contribution in [0.4, 0.5) is 8.78 Å². The van der Waals surface area contributed by atoms with Gasteiger partial charge in [-0.1, -0.05) is 6.07 Å². The number of aryl methyl sites for hydroxylation is 1. The molecule has 19 heavy (non-hydrogen) atoms. The minimum absolute atomic E-state index is 0.500. The van der Waals surface area contributed by atoms with E-state index in [1.807, 2.05) is 60.4 Å². The molecule has 0 atom stereocenters. The summed E-state index contributed by atoms with van der Waals surface area (Å²) in [4.78, 5) is 0. The minimum Gasteiger partial charge on any atom is -0.333 e. The molecule has 3 nitrogen and oxygen atoms in total. The Morgan fingerprint density at radius 2 is 1.11 bits per heavy atom. The van der Waals surface area contributed by atoms with Crippen molar-refractivity contribution in [1.29, 1.82) is 0 Å². The first-order valence-corrected chi connectivity index (χ1v) is 5.43. The van der Waals surface area contributed by atoms with Crippen LogP contribution in [0.3, 0.4) is 0 Å². The molecule has 2 heterocycles. The average molecular weight is 274 g/mol. The van der Waals surface area contributed by atoms with Crippen LogP contribution in [-0.2, 0) is 7.05 Å². The van der Waals surface area contributed by atoms with Crippen molar-refractivity contribution in [3.05, 3.63) is 61.3 Å². The van der Waals surface area contributed by atoms with Gasteiger partial charge in [-0.3, -0.25) is 8.78 Å². The van der Waals surface area contributed by atoms with Crippen molar-refractivity contribution >= 4 is 0 Å². The van der Waals surface area contributed by atoms with E-state index >= 15 is 0 Å². The van der Waals surface area contributed by atoms with Crippen LogP contribution in [0.15, 0.2) is 65.7 Å². The third-order valence-electron chi connectivity index (χ3n) is 1.40. The zero-order valence-corrected chi connectivity index (χ0v) is 12.0. The maximum atomic E-state index is 9.50. The van der Waals surface area contributed by atoms with E-state index in [-0.39, 0.29) is 0 Å². The first kappa shape index (κ1) is 22.3. The Morgan fingerprint density at radius 1 is 0.737 bits per heavy atom. The fourth-order valence-electron chi connectivity index (χ4n) is 0.776. The molecule has 0 saturated heterocycles. The summed E-state index contributed by atoms with van der Waals surface area (Å²) in [6, 6.07) is 11.6. The molecule has 5 heteroatoms. The Labute approximate surface area is 114 Å². The van der Waals surface area contributed by atoms with Crippen molar-refractivity contribution in [1.82, 2.24) is 0 Å². The molecule has 0 radical (unpaired) electrons. The second-order valence-corrected chi connectivity index (χ2v) is 2.53. The van der Waals surface area contributed by atoms with Gasteiger partial charge in [-0.15, -0.1) is 0 Å². The van der Waals surface area contributed by atoms with Gasteiger partial charge >= 0.3 is 12.5 Å². The van der Waals surface area contributed by atoms with E-state index in [0.29, 0.717) is 14.4 Å². The Bertz CT molecular complexity index is 294. The van der Waals surface area contributed by atoms with Crippen molar-refractivity contribution in [2.24, 2.45) is 12.8 Å². The quantitative estimate of drug-likeness (QED) is 0.593. The van der Waals surface area contributed by atoms with Gasteiger partial charge in [0.1, 0.15) is 7.05 Å². The second-order valence-electron chi connectivity index (χ2n) is 2.53. The molecule has 0 aromatic carbocycles. The molecular weight excluding hydrogens is 250 g/mol. The number of pyridine rings is 1. The molecule has 2 rings (SSSR count). The van der Waals surface area contributed by atoms with Crippen LogP contribution in [0.2, 0.25) is 0 Å². The van der Waals surface area contributed by atoms with Crippen LogP contribution in [0.5, 0.6) is 0 Å². The van der Waals surface area contributed by atoms with Gasteiger partial charge in [-0.25, -0.2) is 8.98 Å². The van der Waals surface area contributed by atoms with Gasteiger partial charge < -0.3 is 5.73 Å². The normalized spacial score (nSPS) is 6.68. The third-order valence-corrected chi connectivity index (χ3v) is 1.40. The molecular formula is C14H24F2N2O+2. The summed E-state index contributed by atoms with van der Waals surface area (Å²) in [7, 11) is 4.50. The smallest absolute Gasteiger partial charge is 0.317 e. The van der Waals surface area contributed by atoms with Crippen LogP contribution in [-0.4, -0.2) is 21.4 Å². The zero-order valence-electron chi connectivity index (χ0n) is 12.0. The first-order chi connectivity index (χ1) is 9.39. The zero-order chi connectivity index (χ0) is 15.4. The summed E-state index contributed by atoms with van der Waals surface area (Å²) in [5.41, 5.74) is 4.50. The van der Waals surface area contributed by atoms with Crippen molar-refractivity contribution in [2.75, 3.05) is 21.4 Å². The van der Waals surface area contributed by atoms with Gasteiger partial charge in [0, 0.05) is 24.3 Å². The standard InChI is InChI=1S/C6H8N.C5H5O.2CH3F.CH5N/c1-7-5-3-2-4-6-7;1-2-4-6-5-3-1;3*1-2/h2-6H,1H3;1-5H;2*1H3;2H2,1H3/q2*+1;;;. The SMILES string of the molecule is CF.CF.CN.C[n+]1ccccc1.c1cc[o+]cc1. The van der Waals surface area contributed by atoms with Crippen LogP contribution in [0, 0.1) is 0 Å². The molecule has 0 bridgehead atoms. The molecule has 2 aromatic heterocycles. The Kier molecular flexibility index (Phi) is 29.5. The van der Waals surface area contributed by atoms with Gasteiger partial charge in [0.2, 0.25) is 0 Å². The fourth-order valence-corrected chi connectivity index (χ4v) is 0.776. The maximum absolute atomic E-state index is 9.50. The molecule has 0 aliphatic heterocycles. The Hall–Kier alpha value is -1.88. The number of hydrogen-bond donors (Lipinski definition) is 1. The number of nitrogens with zero attached hydrogens (tertiary/aromatic N) is 1. The lowest BCUT2D eigenvalue weighted by molar-refractivity contribution is -0.671. The lowest BCUT2D eigenvalue weighted by atomic mass is 10.5. The van der Waals surface area contributed by atoms with Crippen molar-refractivity contribution < 1.29 is 17.8 Å². The van der Waals surface area contributed by atoms with Crippen molar-refractivity contribution in [2.45, 2.75) is 0 Å². The van der Waals surface area contributed by atoms with E-state index in [4.69, 9.17) is 0 Å². The van der Waals surface area contributed by atoms with E-state index in [2.05, 4.69) is 10.2 Å². The summed E-state index contributed by atoms with van der Waals surface area (Å²) in [6.45, 7) is 0. The van der Waals surface area contributed by atoms with Crippen molar-refractivity contribution in [3.8, 4) is 0 Å².